The van der Waals surface area contributed by atoms with E-state index in [2.05, 4.69) is 5.32 Å². The number of amides is 1. The van der Waals surface area contributed by atoms with Crippen LogP contribution in [-0.4, -0.2) is 29.3 Å². The molecule has 0 heterocycles. The molecule has 0 spiro atoms. The molecule has 0 saturated heterocycles. The van der Waals surface area contributed by atoms with Gasteiger partial charge in [-0.3, -0.25) is 4.79 Å². The summed E-state index contributed by atoms with van der Waals surface area (Å²) < 4.78 is 5.21. The quantitative estimate of drug-likeness (QED) is 0.802. The van der Waals surface area contributed by atoms with Crippen molar-refractivity contribution in [3.63, 3.8) is 0 Å². The number of alkyl carbamates (subject to hydrolysis) is 1. The van der Waals surface area contributed by atoms with Gasteiger partial charge >= 0.3 is 12.1 Å². The fourth-order valence-electron chi connectivity index (χ4n) is 2.41. The van der Waals surface area contributed by atoms with Gasteiger partial charge in [0.1, 0.15) is 11.0 Å². The Kier molecular flexibility index (Phi) is 6.61. The topological polar surface area (TPSA) is 75.6 Å². The first-order valence-corrected chi connectivity index (χ1v) is 7.97. The highest BCUT2D eigenvalue weighted by atomic mass is 16.6. The normalized spacial score (nSPS) is 13.9. The number of benzene rings is 1. The molecule has 0 fully saturated rings. The highest BCUT2D eigenvalue weighted by Gasteiger charge is 2.40. The Labute approximate surface area is 138 Å². The molecule has 0 aromatic heterocycles. The van der Waals surface area contributed by atoms with E-state index in [9.17, 15) is 14.7 Å². The van der Waals surface area contributed by atoms with Gasteiger partial charge in [-0.25, -0.2) is 4.79 Å². The highest BCUT2D eigenvalue weighted by molar-refractivity contribution is 5.82. The first-order chi connectivity index (χ1) is 10.7. The molecular formula is C18H27NO4. The van der Waals surface area contributed by atoms with Gasteiger partial charge in [0, 0.05) is 6.54 Å². The predicted octanol–water partition coefficient (Wildman–Crippen LogP) is 3.72. The molecule has 0 radical (unpaired) electrons. The first-order valence-electron chi connectivity index (χ1n) is 7.97. The number of rotatable bonds is 7. The van der Waals surface area contributed by atoms with E-state index in [0.717, 1.165) is 12.8 Å². The van der Waals surface area contributed by atoms with E-state index < -0.39 is 23.1 Å². The second-order valence-corrected chi connectivity index (χ2v) is 6.71. The molecule has 0 saturated carbocycles. The maximum Gasteiger partial charge on any atom is 0.407 e. The highest BCUT2D eigenvalue weighted by Crippen LogP contribution is 2.30. The summed E-state index contributed by atoms with van der Waals surface area (Å²) in [6.45, 7) is 7.32. The van der Waals surface area contributed by atoms with Crippen LogP contribution in [0.15, 0.2) is 30.3 Å². The molecule has 1 rings (SSSR count). The van der Waals surface area contributed by atoms with Crippen molar-refractivity contribution < 1.29 is 19.4 Å². The minimum atomic E-state index is -1.14. The van der Waals surface area contributed by atoms with Gasteiger partial charge in [-0.05, 0) is 32.8 Å². The van der Waals surface area contributed by atoms with Crippen molar-refractivity contribution in [1.82, 2.24) is 5.32 Å². The number of unbranched alkanes of at least 4 members (excludes halogenated alkanes) is 1. The van der Waals surface area contributed by atoms with Crippen molar-refractivity contribution >= 4 is 12.1 Å². The second kappa shape index (κ2) is 7.99. The summed E-state index contributed by atoms with van der Waals surface area (Å²) in [5, 5.41) is 12.5. The average molecular weight is 321 g/mol. The van der Waals surface area contributed by atoms with Crippen LogP contribution in [0.25, 0.3) is 0 Å². The first kappa shape index (κ1) is 19.0. The SMILES string of the molecule is CCCCC(CNC(=O)OC(C)(C)C)(C(=O)O)c1ccccc1. The van der Waals surface area contributed by atoms with Crippen molar-refractivity contribution in [2.75, 3.05) is 6.54 Å². The van der Waals surface area contributed by atoms with Gasteiger partial charge in [0.25, 0.3) is 0 Å². The Hall–Kier alpha value is -2.04. The fraction of sp³-hybridized carbons (Fsp3) is 0.556. The molecular weight excluding hydrogens is 294 g/mol. The van der Waals surface area contributed by atoms with E-state index in [-0.39, 0.29) is 6.54 Å². The summed E-state index contributed by atoms with van der Waals surface area (Å²) in [4.78, 5) is 23.9. The minimum absolute atomic E-state index is 0.00125. The maximum absolute atomic E-state index is 12.0. The Morgan fingerprint density at radius 2 is 1.78 bits per heavy atom. The van der Waals surface area contributed by atoms with Gasteiger partial charge in [-0.15, -0.1) is 0 Å². The zero-order valence-electron chi connectivity index (χ0n) is 14.4. The lowest BCUT2D eigenvalue weighted by molar-refractivity contribution is -0.144. The standard InChI is InChI=1S/C18H27NO4/c1-5-6-12-18(15(20)21,14-10-8-7-9-11-14)13-19-16(22)23-17(2,3)4/h7-11H,5-6,12-13H2,1-4H3,(H,19,22)(H,20,21). The third-order valence-corrected chi connectivity index (χ3v) is 3.63. The average Bonchev–Trinajstić information content (AvgIpc) is 2.46. The zero-order valence-corrected chi connectivity index (χ0v) is 14.4. The number of aliphatic carboxylic acids is 1. The molecule has 1 aromatic rings. The molecule has 0 aliphatic heterocycles. The monoisotopic (exact) mass is 321 g/mol. The second-order valence-electron chi connectivity index (χ2n) is 6.71. The van der Waals surface area contributed by atoms with Crippen LogP contribution >= 0.6 is 0 Å². The molecule has 128 valence electrons. The van der Waals surface area contributed by atoms with Crippen LogP contribution in [0.1, 0.15) is 52.5 Å². The van der Waals surface area contributed by atoms with Crippen LogP contribution in [0.4, 0.5) is 4.79 Å². The Balaban J connectivity index is 2.99. The van der Waals surface area contributed by atoms with Crippen LogP contribution < -0.4 is 5.32 Å². The van der Waals surface area contributed by atoms with Gasteiger partial charge in [0.2, 0.25) is 0 Å². The Morgan fingerprint density at radius 1 is 1.17 bits per heavy atom. The lowest BCUT2D eigenvalue weighted by Gasteiger charge is -2.31. The number of ether oxygens (including phenoxy) is 1. The molecule has 0 aliphatic carbocycles. The van der Waals surface area contributed by atoms with Crippen LogP contribution in [0, 0.1) is 0 Å². The van der Waals surface area contributed by atoms with E-state index in [0.29, 0.717) is 12.0 Å². The van der Waals surface area contributed by atoms with Crippen LogP contribution in [-0.2, 0) is 14.9 Å². The molecule has 1 unspecified atom stereocenters. The van der Waals surface area contributed by atoms with Gasteiger partial charge < -0.3 is 15.2 Å². The van der Waals surface area contributed by atoms with Crippen molar-refractivity contribution in [2.45, 2.75) is 58.0 Å². The Morgan fingerprint density at radius 3 is 2.26 bits per heavy atom. The number of hydrogen-bond donors (Lipinski definition) is 2. The van der Waals surface area contributed by atoms with Gasteiger partial charge in [-0.1, -0.05) is 50.1 Å². The van der Waals surface area contributed by atoms with Crippen molar-refractivity contribution in [1.29, 1.82) is 0 Å². The maximum atomic E-state index is 12.0. The van der Waals surface area contributed by atoms with E-state index in [1.54, 1.807) is 32.9 Å². The fourth-order valence-corrected chi connectivity index (χ4v) is 2.41. The molecule has 5 nitrogen and oxygen atoms in total. The number of carbonyl (C=O) groups excluding carboxylic acids is 1. The number of nitrogens with one attached hydrogen (secondary N) is 1. The van der Waals surface area contributed by atoms with Crippen molar-refractivity contribution in [2.24, 2.45) is 0 Å². The molecule has 1 amide bonds. The molecule has 5 heteroatoms. The summed E-state index contributed by atoms with van der Waals surface area (Å²) in [6.07, 6.45) is 1.50. The zero-order chi connectivity index (χ0) is 17.5. The summed E-state index contributed by atoms with van der Waals surface area (Å²) >= 11 is 0. The molecule has 1 atom stereocenters. The van der Waals surface area contributed by atoms with E-state index >= 15 is 0 Å². The van der Waals surface area contributed by atoms with Crippen LogP contribution in [0.2, 0.25) is 0 Å². The van der Waals surface area contributed by atoms with Crippen molar-refractivity contribution in [3.8, 4) is 0 Å². The van der Waals surface area contributed by atoms with E-state index in [1.807, 2.05) is 25.1 Å². The van der Waals surface area contributed by atoms with E-state index in [1.165, 1.54) is 0 Å². The number of carboxylic acids is 1. The van der Waals surface area contributed by atoms with E-state index in [4.69, 9.17) is 4.74 Å². The number of carboxylic acid groups (broad SMARTS) is 1. The Bertz CT molecular complexity index is 522. The lowest BCUT2D eigenvalue weighted by Crippen LogP contribution is -2.47. The lowest BCUT2D eigenvalue weighted by atomic mass is 9.76. The summed E-state index contributed by atoms with van der Waals surface area (Å²) in [5.41, 5.74) is -1.07. The van der Waals surface area contributed by atoms with Gasteiger partial charge in [0.05, 0.1) is 0 Å². The summed E-state index contributed by atoms with van der Waals surface area (Å²) in [7, 11) is 0. The van der Waals surface area contributed by atoms with Gasteiger partial charge in [0.15, 0.2) is 0 Å². The number of carbonyl (C=O) groups is 2. The summed E-state index contributed by atoms with van der Waals surface area (Å²) in [6, 6.07) is 9.05. The van der Waals surface area contributed by atoms with Gasteiger partial charge in [-0.2, -0.15) is 0 Å². The smallest absolute Gasteiger partial charge is 0.407 e. The number of hydrogen-bond acceptors (Lipinski definition) is 3. The molecule has 2 N–H and O–H groups in total. The predicted molar refractivity (Wildman–Crippen MR) is 89.5 cm³/mol. The third kappa shape index (κ3) is 5.58. The third-order valence-electron chi connectivity index (χ3n) is 3.63. The molecule has 1 aromatic carbocycles. The van der Waals surface area contributed by atoms with Crippen LogP contribution in [0.5, 0.6) is 0 Å². The summed E-state index contributed by atoms with van der Waals surface area (Å²) in [5.74, 6) is -0.937. The molecule has 23 heavy (non-hydrogen) atoms. The minimum Gasteiger partial charge on any atom is -0.481 e. The molecule has 0 bridgehead atoms. The largest absolute Gasteiger partial charge is 0.481 e. The van der Waals surface area contributed by atoms with Crippen LogP contribution in [0.3, 0.4) is 0 Å². The van der Waals surface area contributed by atoms with Crippen molar-refractivity contribution in [3.05, 3.63) is 35.9 Å². The molecule has 0 aliphatic rings.